The van der Waals surface area contributed by atoms with E-state index in [0.717, 1.165) is 23.3 Å². The molecule has 1 saturated heterocycles. The van der Waals surface area contributed by atoms with E-state index in [2.05, 4.69) is 15.1 Å². The third-order valence-corrected chi connectivity index (χ3v) is 5.66. The lowest BCUT2D eigenvalue weighted by molar-refractivity contribution is -0.129. The Balaban J connectivity index is 1.48. The first kappa shape index (κ1) is 18.5. The minimum Gasteiger partial charge on any atom is -0.496 e. The second-order valence-corrected chi connectivity index (χ2v) is 7.42. The van der Waals surface area contributed by atoms with Crippen LogP contribution >= 0.6 is 11.8 Å². The van der Waals surface area contributed by atoms with Gasteiger partial charge >= 0.3 is 0 Å². The minimum absolute atomic E-state index is 0.0707. The Kier molecular flexibility index (Phi) is 5.57. The van der Waals surface area contributed by atoms with Crippen LogP contribution in [0.25, 0.3) is 11.4 Å². The molecule has 1 aromatic carbocycles. The van der Waals surface area contributed by atoms with E-state index >= 15 is 0 Å². The van der Waals surface area contributed by atoms with Crippen LogP contribution in [0.3, 0.4) is 0 Å². The highest BCUT2D eigenvalue weighted by Gasteiger charge is 2.34. The van der Waals surface area contributed by atoms with Gasteiger partial charge in [-0.25, -0.2) is 0 Å². The van der Waals surface area contributed by atoms with Gasteiger partial charge in [-0.1, -0.05) is 17.3 Å². The molecule has 0 aliphatic carbocycles. The maximum Gasteiger partial charge on any atom is 0.249 e. The predicted molar refractivity (Wildman–Crippen MR) is 105 cm³/mol. The van der Waals surface area contributed by atoms with E-state index in [4.69, 9.17) is 9.26 Å². The second-order valence-electron chi connectivity index (χ2n) is 6.37. The number of para-hydroxylation sites is 1. The highest BCUT2D eigenvalue weighted by Crippen LogP contribution is 2.34. The van der Waals surface area contributed by atoms with E-state index in [1.54, 1.807) is 19.5 Å². The SMILES string of the molecule is COc1ccccc1-c1noc(C2CCCN2C(=O)CSc2ccncc2)n1. The third-order valence-electron chi connectivity index (χ3n) is 4.66. The van der Waals surface area contributed by atoms with Crippen LogP contribution < -0.4 is 4.74 Å². The molecule has 0 bridgehead atoms. The molecule has 144 valence electrons. The highest BCUT2D eigenvalue weighted by atomic mass is 32.2. The molecule has 1 unspecified atom stereocenters. The average Bonchev–Trinajstić information content (AvgIpc) is 3.42. The zero-order valence-corrected chi connectivity index (χ0v) is 16.3. The number of nitrogens with zero attached hydrogens (tertiary/aromatic N) is 4. The molecule has 0 radical (unpaired) electrons. The molecule has 0 N–H and O–H groups in total. The molecule has 1 aliphatic heterocycles. The quantitative estimate of drug-likeness (QED) is 0.589. The maximum atomic E-state index is 12.8. The molecule has 8 heteroatoms. The first-order valence-electron chi connectivity index (χ1n) is 9.05. The first-order chi connectivity index (χ1) is 13.8. The van der Waals surface area contributed by atoms with Crippen LogP contribution in [0.15, 0.2) is 58.2 Å². The lowest BCUT2D eigenvalue weighted by Gasteiger charge is -2.21. The summed E-state index contributed by atoms with van der Waals surface area (Å²) in [6, 6.07) is 11.1. The molecule has 3 heterocycles. The van der Waals surface area contributed by atoms with Crippen molar-refractivity contribution in [2.24, 2.45) is 0 Å². The van der Waals surface area contributed by atoms with Crippen molar-refractivity contribution in [3.63, 3.8) is 0 Å². The molecule has 0 spiro atoms. The fourth-order valence-electron chi connectivity index (χ4n) is 3.29. The normalized spacial score (nSPS) is 16.3. The summed E-state index contributed by atoms with van der Waals surface area (Å²) in [6.45, 7) is 0.701. The number of hydrogen-bond acceptors (Lipinski definition) is 7. The van der Waals surface area contributed by atoms with Gasteiger partial charge in [0, 0.05) is 23.8 Å². The maximum absolute atomic E-state index is 12.8. The largest absolute Gasteiger partial charge is 0.496 e. The van der Waals surface area contributed by atoms with Crippen LogP contribution in [0.1, 0.15) is 24.8 Å². The summed E-state index contributed by atoms with van der Waals surface area (Å²) >= 11 is 1.51. The standard InChI is InChI=1S/C20H20N4O3S/c1-26-17-7-3-2-5-15(17)19-22-20(27-23-19)16-6-4-12-24(16)18(25)13-28-14-8-10-21-11-9-14/h2-3,5,7-11,16H,4,6,12-13H2,1H3. The molecule has 1 fully saturated rings. The van der Waals surface area contributed by atoms with Gasteiger partial charge in [-0.15, -0.1) is 11.8 Å². The smallest absolute Gasteiger partial charge is 0.249 e. The Morgan fingerprint density at radius 1 is 1.29 bits per heavy atom. The number of thioether (sulfide) groups is 1. The molecule has 1 amide bonds. The molecule has 1 aliphatic rings. The number of aromatic nitrogens is 3. The zero-order valence-electron chi connectivity index (χ0n) is 15.4. The Morgan fingerprint density at radius 3 is 2.93 bits per heavy atom. The molecule has 3 aromatic rings. The third kappa shape index (κ3) is 3.87. The van der Waals surface area contributed by atoms with Gasteiger partial charge in [-0.05, 0) is 37.1 Å². The van der Waals surface area contributed by atoms with Gasteiger partial charge in [-0.2, -0.15) is 4.98 Å². The Bertz CT molecular complexity index is 947. The summed E-state index contributed by atoms with van der Waals surface area (Å²) in [6.07, 6.45) is 5.19. The lowest BCUT2D eigenvalue weighted by Crippen LogP contribution is -2.32. The molecule has 2 aromatic heterocycles. The zero-order chi connectivity index (χ0) is 19.3. The molecule has 0 saturated carbocycles. The van der Waals surface area contributed by atoms with E-state index < -0.39 is 0 Å². The van der Waals surface area contributed by atoms with E-state index in [0.29, 0.717) is 29.8 Å². The van der Waals surface area contributed by atoms with Crippen LogP contribution in [0.4, 0.5) is 0 Å². The molecular formula is C20H20N4O3S. The Labute approximate surface area is 167 Å². The highest BCUT2D eigenvalue weighted by molar-refractivity contribution is 8.00. The lowest BCUT2D eigenvalue weighted by atomic mass is 10.2. The van der Waals surface area contributed by atoms with Gasteiger partial charge in [-0.3, -0.25) is 9.78 Å². The van der Waals surface area contributed by atoms with Crippen molar-refractivity contribution in [3.8, 4) is 17.1 Å². The van der Waals surface area contributed by atoms with Crippen LogP contribution in [-0.4, -0.2) is 45.3 Å². The predicted octanol–water partition coefficient (Wildman–Crippen LogP) is 3.60. The van der Waals surface area contributed by atoms with Gasteiger partial charge in [0.1, 0.15) is 11.8 Å². The van der Waals surface area contributed by atoms with E-state index in [1.807, 2.05) is 41.3 Å². The number of carbonyl (C=O) groups excluding carboxylic acids is 1. The van der Waals surface area contributed by atoms with Gasteiger partial charge in [0.2, 0.25) is 17.6 Å². The van der Waals surface area contributed by atoms with E-state index in [9.17, 15) is 4.79 Å². The number of amides is 1. The first-order valence-corrected chi connectivity index (χ1v) is 10.0. The summed E-state index contributed by atoms with van der Waals surface area (Å²) in [5.41, 5.74) is 0.768. The monoisotopic (exact) mass is 396 g/mol. The van der Waals surface area contributed by atoms with Crippen molar-refractivity contribution in [2.75, 3.05) is 19.4 Å². The molecule has 4 rings (SSSR count). The van der Waals surface area contributed by atoms with E-state index in [1.165, 1.54) is 11.8 Å². The number of benzene rings is 1. The van der Waals surface area contributed by atoms with Gasteiger partial charge in [0.15, 0.2) is 0 Å². The van der Waals surface area contributed by atoms with Gasteiger partial charge in [0.25, 0.3) is 0 Å². The molecule has 1 atom stereocenters. The van der Waals surface area contributed by atoms with Crippen LogP contribution in [0.2, 0.25) is 0 Å². The topological polar surface area (TPSA) is 81.4 Å². The van der Waals surface area contributed by atoms with Crippen LogP contribution in [-0.2, 0) is 4.79 Å². The summed E-state index contributed by atoms with van der Waals surface area (Å²) in [4.78, 5) is 24.2. The number of pyridine rings is 1. The molecule has 28 heavy (non-hydrogen) atoms. The van der Waals surface area contributed by atoms with Crippen molar-refractivity contribution in [1.82, 2.24) is 20.0 Å². The van der Waals surface area contributed by atoms with Crippen molar-refractivity contribution in [1.29, 1.82) is 0 Å². The number of hydrogen-bond donors (Lipinski definition) is 0. The summed E-state index contributed by atoms with van der Waals surface area (Å²) in [7, 11) is 1.61. The number of carbonyl (C=O) groups is 1. The fourth-order valence-corrected chi connectivity index (χ4v) is 4.06. The number of likely N-dealkylation sites (tertiary alicyclic amines) is 1. The summed E-state index contributed by atoms with van der Waals surface area (Å²) in [5.74, 6) is 2.07. The van der Waals surface area contributed by atoms with Crippen molar-refractivity contribution < 1.29 is 14.1 Å². The van der Waals surface area contributed by atoms with Crippen LogP contribution in [0.5, 0.6) is 5.75 Å². The number of ether oxygens (including phenoxy) is 1. The second kappa shape index (κ2) is 8.43. The van der Waals surface area contributed by atoms with Crippen molar-refractivity contribution in [3.05, 3.63) is 54.7 Å². The molecule has 7 nitrogen and oxygen atoms in total. The Morgan fingerprint density at radius 2 is 2.11 bits per heavy atom. The summed E-state index contributed by atoms with van der Waals surface area (Å²) in [5, 5.41) is 4.11. The van der Waals surface area contributed by atoms with Gasteiger partial charge < -0.3 is 14.2 Å². The number of methoxy groups -OCH3 is 1. The number of rotatable bonds is 6. The van der Waals surface area contributed by atoms with E-state index in [-0.39, 0.29) is 11.9 Å². The van der Waals surface area contributed by atoms with Crippen molar-refractivity contribution >= 4 is 17.7 Å². The fraction of sp³-hybridized carbons (Fsp3) is 0.300. The minimum atomic E-state index is -0.179. The Hall–Kier alpha value is -2.87. The van der Waals surface area contributed by atoms with Crippen LogP contribution in [0, 0.1) is 0 Å². The van der Waals surface area contributed by atoms with Gasteiger partial charge in [0.05, 0.1) is 18.4 Å². The average molecular weight is 396 g/mol. The molecular weight excluding hydrogens is 376 g/mol. The summed E-state index contributed by atoms with van der Waals surface area (Å²) < 4.78 is 10.9. The van der Waals surface area contributed by atoms with Crippen molar-refractivity contribution in [2.45, 2.75) is 23.8 Å².